The van der Waals surface area contributed by atoms with Crippen LogP contribution in [0.3, 0.4) is 0 Å². The van der Waals surface area contributed by atoms with E-state index in [2.05, 4.69) is 35.3 Å². The van der Waals surface area contributed by atoms with E-state index < -0.39 is 0 Å². The van der Waals surface area contributed by atoms with Gasteiger partial charge in [-0.1, -0.05) is 18.6 Å². The number of rotatable bonds is 6. The Morgan fingerprint density at radius 2 is 2.00 bits per heavy atom. The standard InChI is InChI=1S/C23H26N2O3S/c1-16-14-19(23(29-16)24-22(26)20-10-7-13-28-20)21(25-11-4-3-5-12-25)17-8-6-9-18(15-17)27-2/h6-10,13-15,21H,3-5,11-12H2,1-2H3,(H,24,26)/t21-/m0/s1. The van der Waals surface area contributed by atoms with E-state index in [0.29, 0.717) is 5.76 Å². The van der Waals surface area contributed by atoms with Crippen molar-refractivity contribution in [2.24, 2.45) is 0 Å². The fraction of sp³-hybridized carbons (Fsp3) is 0.348. The average Bonchev–Trinajstić information content (AvgIpc) is 3.40. The van der Waals surface area contributed by atoms with Crippen LogP contribution in [0, 0.1) is 6.92 Å². The molecular formula is C23H26N2O3S. The van der Waals surface area contributed by atoms with Crippen molar-refractivity contribution in [3.63, 3.8) is 0 Å². The Morgan fingerprint density at radius 3 is 2.72 bits per heavy atom. The number of carbonyl (C=O) groups is 1. The van der Waals surface area contributed by atoms with Crippen LogP contribution in [0.4, 0.5) is 5.00 Å². The number of anilines is 1. The molecule has 1 saturated heterocycles. The van der Waals surface area contributed by atoms with Crippen molar-refractivity contribution < 1.29 is 13.9 Å². The first kappa shape index (κ1) is 19.7. The molecule has 1 aliphatic heterocycles. The van der Waals surface area contributed by atoms with Gasteiger partial charge >= 0.3 is 0 Å². The summed E-state index contributed by atoms with van der Waals surface area (Å²) >= 11 is 1.61. The molecule has 0 aliphatic carbocycles. The lowest BCUT2D eigenvalue weighted by Gasteiger charge is -2.35. The predicted molar refractivity (Wildman–Crippen MR) is 116 cm³/mol. The monoisotopic (exact) mass is 410 g/mol. The van der Waals surface area contributed by atoms with Crippen LogP contribution < -0.4 is 10.1 Å². The van der Waals surface area contributed by atoms with Crippen LogP contribution in [-0.4, -0.2) is 31.0 Å². The van der Waals surface area contributed by atoms with Gasteiger partial charge in [-0.15, -0.1) is 11.3 Å². The fourth-order valence-corrected chi connectivity index (χ4v) is 4.92. The molecule has 0 bridgehead atoms. The number of hydrogen-bond acceptors (Lipinski definition) is 5. The topological polar surface area (TPSA) is 54.7 Å². The zero-order valence-corrected chi connectivity index (χ0v) is 17.6. The van der Waals surface area contributed by atoms with E-state index in [1.807, 2.05) is 12.1 Å². The molecule has 3 heterocycles. The normalized spacial score (nSPS) is 15.8. The van der Waals surface area contributed by atoms with E-state index in [1.165, 1.54) is 36.0 Å². The molecule has 0 unspecified atom stereocenters. The third kappa shape index (κ3) is 4.38. The van der Waals surface area contributed by atoms with E-state index in [9.17, 15) is 4.79 Å². The van der Waals surface area contributed by atoms with E-state index in [0.717, 1.165) is 29.4 Å². The van der Waals surface area contributed by atoms with Crippen molar-refractivity contribution in [1.29, 1.82) is 0 Å². The van der Waals surface area contributed by atoms with Crippen LogP contribution >= 0.6 is 11.3 Å². The second-order valence-electron chi connectivity index (χ2n) is 7.35. The zero-order chi connectivity index (χ0) is 20.2. The number of piperidine rings is 1. The first-order chi connectivity index (χ1) is 14.2. The number of likely N-dealkylation sites (tertiary alicyclic amines) is 1. The third-order valence-electron chi connectivity index (χ3n) is 5.32. The Morgan fingerprint density at radius 1 is 1.17 bits per heavy atom. The molecule has 1 aliphatic rings. The Kier molecular flexibility index (Phi) is 6.02. The minimum Gasteiger partial charge on any atom is -0.497 e. The number of benzene rings is 1. The first-order valence-electron chi connectivity index (χ1n) is 9.99. The number of hydrogen-bond donors (Lipinski definition) is 1. The summed E-state index contributed by atoms with van der Waals surface area (Å²) < 4.78 is 10.8. The molecule has 1 N–H and O–H groups in total. The van der Waals surface area contributed by atoms with Gasteiger partial charge in [0.05, 0.1) is 19.4 Å². The molecule has 0 saturated carbocycles. The van der Waals surface area contributed by atoms with Crippen molar-refractivity contribution in [3.05, 3.63) is 70.5 Å². The van der Waals surface area contributed by atoms with E-state index in [4.69, 9.17) is 9.15 Å². The first-order valence-corrected chi connectivity index (χ1v) is 10.8. The molecule has 3 aromatic rings. The lowest BCUT2D eigenvalue weighted by Crippen LogP contribution is -2.34. The summed E-state index contributed by atoms with van der Waals surface area (Å²) in [5.74, 6) is 0.941. The molecule has 6 heteroatoms. The van der Waals surface area contributed by atoms with Crippen molar-refractivity contribution in [2.75, 3.05) is 25.5 Å². The molecule has 152 valence electrons. The number of furan rings is 1. The summed E-state index contributed by atoms with van der Waals surface area (Å²) in [5.41, 5.74) is 2.31. The maximum atomic E-state index is 12.6. The summed E-state index contributed by atoms with van der Waals surface area (Å²) in [5, 5.41) is 3.96. The number of nitrogens with zero attached hydrogens (tertiary/aromatic N) is 1. The minimum absolute atomic E-state index is 0.0715. The summed E-state index contributed by atoms with van der Waals surface area (Å²) in [6, 6.07) is 13.9. The summed E-state index contributed by atoms with van der Waals surface area (Å²) in [6.45, 7) is 4.17. The molecule has 1 amide bonds. The Balaban J connectivity index is 1.73. The SMILES string of the molecule is COc1cccc([C@@H](c2cc(C)sc2NC(=O)c2ccco2)N2CCCCC2)c1. The molecule has 0 spiro atoms. The molecular weight excluding hydrogens is 384 g/mol. The predicted octanol–water partition coefficient (Wildman–Crippen LogP) is 5.49. The van der Waals surface area contributed by atoms with Gasteiger partial charge in [-0.3, -0.25) is 9.69 Å². The summed E-state index contributed by atoms with van der Waals surface area (Å²) in [4.78, 5) is 16.3. The van der Waals surface area contributed by atoms with Crippen LogP contribution in [-0.2, 0) is 0 Å². The molecule has 0 radical (unpaired) electrons. The second kappa shape index (κ2) is 8.84. The lowest BCUT2D eigenvalue weighted by atomic mass is 9.95. The number of carbonyl (C=O) groups excluding carboxylic acids is 1. The molecule has 29 heavy (non-hydrogen) atoms. The molecule has 1 fully saturated rings. The highest BCUT2D eigenvalue weighted by Gasteiger charge is 2.28. The van der Waals surface area contributed by atoms with Crippen molar-refractivity contribution in [1.82, 2.24) is 4.90 Å². The van der Waals surface area contributed by atoms with E-state index in [1.54, 1.807) is 30.6 Å². The zero-order valence-electron chi connectivity index (χ0n) is 16.8. The smallest absolute Gasteiger partial charge is 0.291 e. The number of nitrogens with one attached hydrogen (secondary N) is 1. The van der Waals surface area contributed by atoms with Crippen LogP contribution in [0.25, 0.3) is 0 Å². The number of methoxy groups -OCH3 is 1. The fourth-order valence-electron chi connectivity index (χ4n) is 3.98. The Hall–Kier alpha value is -2.57. The molecule has 2 aromatic heterocycles. The van der Waals surface area contributed by atoms with Gasteiger partial charge < -0.3 is 14.5 Å². The maximum Gasteiger partial charge on any atom is 0.291 e. The number of amides is 1. The third-order valence-corrected chi connectivity index (χ3v) is 6.30. The summed E-state index contributed by atoms with van der Waals surface area (Å²) in [6.07, 6.45) is 5.17. The van der Waals surface area contributed by atoms with Crippen molar-refractivity contribution in [2.45, 2.75) is 32.2 Å². The second-order valence-corrected chi connectivity index (χ2v) is 8.61. The highest BCUT2D eigenvalue weighted by Crippen LogP contribution is 2.40. The molecule has 4 rings (SSSR count). The van der Waals surface area contributed by atoms with Crippen LogP contribution in [0.15, 0.2) is 53.1 Å². The molecule has 1 aromatic carbocycles. The molecule has 1 atom stereocenters. The number of thiophene rings is 1. The van der Waals surface area contributed by atoms with Gasteiger partial charge in [0.25, 0.3) is 5.91 Å². The number of ether oxygens (including phenoxy) is 1. The highest BCUT2D eigenvalue weighted by molar-refractivity contribution is 7.16. The lowest BCUT2D eigenvalue weighted by molar-refractivity contribution is 0.0996. The van der Waals surface area contributed by atoms with Gasteiger partial charge in [-0.05, 0) is 68.8 Å². The van der Waals surface area contributed by atoms with Gasteiger partial charge in [0.2, 0.25) is 0 Å². The highest BCUT2D eigenvalue weighted by atomic mass is 32.1. The van der Waals surface area contributed by atoms with Gasteiger partial charge in [0.1, 0.15) is 10.8 Å². The maximum absolute atomic E-state index is 12.6. The Labute approximate surface area is 175 Å². The van der Waals surface area contributed by atoms with Crippen molar-refractivity contribution in [3.8, 4) is 5.75 Å². The van der Waals surface area contributed by atoms with E-state index in [-0.39, 0.29) is 11.9 Å². The van der Waals surface area contributed by atoms with Crippen LogP contribution in [0.2, 0.25) is 0 Å². The summed E-state index contributed by atoms with van der Waals surface area (Å²) in [7, 11) is 1.69. The average molecular weight is 411 g/mol. The quantitative estimate of drug-likeness (QED) is 0.584. The van der Waals surface area contributed by atoms with Crippen LogP contribution in [0.1, 0.15) is 51.9 Å². The van der Waals surface area contributed by atoms with Gasteiger partial charge in [-0.25, -0.2) is 0 Å². The van der Waals surface area contributed by atoms with Gasteiger partial charge in [0, 0.05) is 10.4 Å². The largest absolute Gasteiger partial charge is 0.497 e. The molecule has 5 nitrogen and oxygen atoms in total. The Bertz CT molecular complexity index is 958. The number of aryl methyl sites for hydroxylation is 1. The van der Waals surface area contributed by atoms with Crippen molar-refractivity contribution >= 4 is 22.2 Å². The van der Waals surface area contributed by atoms with Crippen LogP contribution in [0.5, 0.6) is 5.75 Å². The minimum atomic E-state index is -0.221. The van der Waals surface area contributed by atoms with Gasteiger partial charge in [0.15, 0.2) is 5.76 Å². The van der Waals surface area contributed by atoms with E-state index >= 15 is 0 Å². The van der Waals surface area contributed by atoms with Gasteiger partial charge in [-0.2, -0.15) is 0 Å².